The lowest BCUT2D eigenvalue weighted by molar-refractivity contribution is -0.123. The van der Waals surface area contributed by atoms with Crippen LogP contribution < -0.4 is 14.8 Å². The van der Waals surface area contributed by atoms with E-state index in [1.165, 1.54) is 6.07 Å². The van der Waals surface area contributed by atoms with Gasteiger partial charge in [-0.15, -0.1) is 0 Å². The smallest absolute Gasteiger partial charge is 0.258 e. The van der Waals surface area contributed by atoms with Crippen LogP contribution in [0.5, 0.6) is 11.5 Å². The van der Waals surface area contributed by atoms with Gasteiger partial charge in [-0.2, -0.15) is 0 Å². The van der Waals surface area contributed by atoms with Gasteiger partial charge in [0.15, 0.2) is 18.2 Å². The highest BCUT2D eigenvalue weighted by Gasteiger charge is 2.06. The lowest BCUT2D eigenvalue weighted by atomic mass is 10.2. The van der Waals surface area contributed by atoms with Gasteiger partial charge in [-0.1, -0.05) is 24.3 Å². The molecule has 4 nitrogen and oxygen atoms in total. The first-order valence-electron chi connectivity index (χ1n) is 7.05. The van der Waals surface area contributed by atoms with Gasteiger partial charge in [0.05, 0.1) is 6.61 Å². The number of ether oxygens (including phenoxy) is 2. The van der Waals surface area contributed by atoms with Crippen molar-refractivity contribution >= 4 is 5.91 Å². The number of hydrogen-bond acceptors (Lipinski definition) is 3. The number of halogens is 1. The maximum absolute atomic E-state index is 13.7. The fourth-order valence-electron chi connectivity index (χ4n) is 1.84. The number of carbonyl (C=O) groups is 1. The van der Waals surface area contributed by atoms with Crippen molar-refractivity contribution in [3.8, 4) is 11.5 Å². The van der Waals surface area contributed by atoms with E-state index >= 15 is 0 Å². The Labute approximate surface area is 128 Å². The zero-order chi connectivity index (χ0) is 15.8. The number of nitrogens with one attached hydrogen (secondary N) is 1. The molecule has 0 saturated heterocycles. The van der Waals surface area contributed by atoms with Crippen LogP contribution in [0.1, 0.15) is 12.5 Å². The quantitative estimate of drug-likeness (QED) is 0.855. The zero-order valence-electron chi connectivity index (χ0n) is 12.3. The molecule has 0 atom stereocenters. The van der Waals surface area contributed by atoms with Gasteiger partial charge in [0.1, 0.15) is 5.75 Å². The van der Waals surface area contributed by atoms with E-state index in [0.717, 1.165) is 0 Å². The molecule has 0 unspecified atom stereocenters. The number of carbonyl (C=O) groups excluding carboxylic acids is 1. The minimum atomic E-state index is -0.436. The van der Waals surface area contributed by atoms with Crippen molar-refractivity contribution in [2.45, 2.75) is 13.5 Å². The standard InChI is InChI=1S/C17H18FNO3/c1-2-21-16-9-8-13(10-15(16)18)11-19-17(20)12-22-14-6-4-3-5-7-14/h3-10H,2,11-12H2,1H3,(H,19,20). The number of para-hydroxylation sites is 1. The molecule has 116 valence electrons. The summed E-state index contributed by atoms with van der Waals surface area (Å²) in [6.07, 6.45) is 0. The molecule has 0 heterocycles. The number of amides is 1. The normalized spacial score (nSPS) is 10.1. The Morgan fingerprint density at radius 2 is 1.91 bits per heavy atom. The molecule has 0 bridgehead atoms. The monoisotopic (exact) mass is 303 g/mol. The first-order chi connectivity index (χ1) is 10.7. The number of hydrogen-bond donors (Lipinski definition) is 1. The first kappa shape index (κ1) is 15.8. The molecule has 0 spiro atoms. The molecule has 0 aromatic heterocycles. The second kappa shape index (κ2) is 8.02. The highest BCUT2D eigenvalue weighted by molar-refractivity contribution is 5.77. The summed E-state index contributed by atoms with van der Waals surface area (Å²) in [5.41, 5.74) is 0.661. The van der Waals surface area contributed by atoms with E-state index in [1.807, 2.05) is 18.2 Å². The second-order valence-corrected chi connectivity index (χ2v) is 4.58. The van der Waals surface area contributed by atoms with Crippen LogP contribution in [0.4, 0.5) is 4.39 Å². The SMILES string of the molecule is CCOc1ccc(CNC(=O)COc2ccccc2)cc1F. The van der Waals surface area contributed by atoms with Gasteiger partial charge < -0.3 is 14.8 Å². The van der Waals surface area contributed by atoms with Gasteiger partial charge >= 0.3 is 0 Å². The predicted molar refractivity (Wildman–Crippen MR) is 81.4 cm³/mol. The molecule has 2 rings (SSSR count). The summed E-state index contributed by atoms with van der Waals surface area (Å²) in [5.74, 6) is 0.141. The largest absolute Gasteiger partial charge is 0.491 e. The number of benzene rings is 2. The van der Waals surface area contributed by atoms with Crippen molar-refractivity contribution in [1.29, 1.82) is 0 Å². The maximum Gasteiger partial charge on any atom is 0.258 e. The van der Waals surface area contributed by atoms with Gasteiger partial charge in [-0.3, -0.25) is 4.79 Å². The average Bonchev–Trinajstić information content (AvgIpc) is 2.54. The first-order valence-corrected chi connectivity index (χ1v) is 7.05. The van der Waals surface area contributed by atoms with Crippen LogP contribution in [-0.4, -0.2) is 19.1 Å². The molecule has 0 aliphatic carbocycles. The molecule has 5 heteroatoms. The molecule has 0 fully saturated rings. The predicted octanol–water partition coefficient (Wildman–Crippen LogP) is 2.92. The van der Waals surface area contributed by atoms with E-state index in [2.05, 4.69) is 5.32 Å². The molecule has 0 aliphatic rings. The van der Waals surface area contributed by atoms with E-state index in [0.29, 0.717) is 17.9 Å². The van der Waals surface area contributed by atoms with Crippen LogP contribution >= 0.6 is 0 Å². The van der Waals surface area contributed by atoms with Crippen molar-refractivity contribution in [3.63, 3.8) is 0 Å². The van der Waals surface area contributed by atoms with Gasteiger partial charge in [-0.05, 0) is 36.8 Å². The Morgan fingerprint density at radius 1 is 1.14 bits per heavy atom. The molecule has 2 aromatic rings. The molecule has 0 aliphatic heterocycles. The minimum Gasteiger partial charge on any atom is -0.491 e. The Bertz CT molecular complexity index is 617. The lowest BCUT2D eigenvalue weighted by Gasteiger charge is -2.09. The van der Waals surface area contributed by atoms with Crippen molar-refractivity contribution in [3.05, 3.63) is 59.9 Å². The van der Waals surface area contributed by atoms with Crippen LogP contribution in [0.3, 0.4) is 0 Å². The summed E-state index contributed by atoms with van der Waals surface area (Å²) in [6, 6.07) is 13.7. The van der Waals surface area contributed by atoms with E-state index in [-0.39, 0.29) is 24.8 Å². The van der Waals surface area contributed by atoms with Gasteiger partial charge in [-0.25, -0.2) is 4.39 Å². The summed E-state index contributed by atoms with van der Waals surface area (Å²) in [7, 11) is 0. The summed E-state index contributed by atoms with van der Waals surface area (Å²) in [6.45, 7) is 2.36. The van der Waals surface area contributed by atoms with E-state index < -0.39 is 5.82 Å². The second-order valence-electron chi connectivity index (χ2n) is 4.58. The topological polar surface area (TPSA) is 47.6 Å². The highest BCUT2D eigenvalue weighted by Crippen LogP contribution is 2.18. The van der Waals surface area contributed by atoms with Crippen LogP contribution in [0.15, 0.2) is 48.5 Å². The summed E-state index contributed by atoms with van der Waals surface area (Å²) in [5, 5.41) is 2.68. The highest BCUT2D eigenvalue weighted by atomic mass is 19.1. The van der Waals surface area contributed by atoms with Crippen molar-refractivity contribution in [2.75, 3.05) is 13.2 Å². The molecule has 0 radical (unpaired) electrons. The molecule has 1 N–H and O–H groups in total. The average molecular weight is 303 g/mol. The van der Waals surface area contributed by atoms with Gasteiger partial charge in [0.2, 0.25) is 0 Å². The van der Waals surface area contributed by atoms with Crippen LogP contribution in [0.25, 0.3) is 0 Å². The molecule has 2 aromatic carbocycles. The summed E-state index contributed by atoms with van der Waals surface area (Å²) >= 11 is 0. The Kier molecular flexibility index (Phi) is 5.77. The molecule has 1 amide bonds. The Balaban J connectivity index is 1.80. The van der Waals surface area contributed by atoms with Crippen LogP contribution in [0, 0.1) is 5.82 Å². The van der Waals surface area contributed by atoms with Crippen molar-refractivity contribution < 1.29 is 18.7 Å². The molecule has 0 saturated carbocycles. The third-order valence-corrected chi connectivity index (χ3v) is 2.90. The van der Waals surface area contributed by atoms with Crippen LogP contribution in [0.2, 0.25) is 0 Å². The molecular formula is C17H18FNO3. The maximum atomic E-state index is 13.7. The minimum absolute atomic E-state index is 0.0798. The third kappa shape index (κ3) is 4.77. The van der Waals surface area contributed by atoms with Crippen molar-refractivity contribution in [1.82, 2.24) is 5.32 Å². The fraction of sp³-hybridized carbons (Fsp3) is 0.235. The number of rotatable bonds is 7. The van der Waals surface area contributed by atoms with Crippen molar-refractivity contribution in [2.24, 2.45) is 0 Å². The fourth-order valence-corrected chi connectivity index (χ4v) is 1.84. The summed E-state index contributed by atoms with van der Waals surface area (Å²) in [4.78, 5) is 11.7. The molecular weight excluding hydrogens is 285 g/mol. The summed E-state index contributed by atoms with van der Waals surface area (Å²) < 4.78 is 24.1. The van der Waals surface area contributed by atoms with E-state index in [1.54, 1.807) is 31.2 Å². The molecule has 22 heavy (non-hydrogen) atoms. The van der Waals surface area contributed by atoms with E-state index in [4.69, 9.17) is 9.47 Å². The Morgan fingerprint density at radius 3 is 2.59 bits per heavy atom. The lowest BCUT2D eigenvalue weighted by Crippen LogP contribution is -2.28. The van der Waals surface area contributed by atoms with Gasteiger partial charge in [0, 0.05) is 6.54 Å². The van der Waals surface area contributed by atoms with Crippen LogP contribution in [-0.2, 0) is 11.3 Å². The zero-order valence-corrected chi connectivity index (χ0v) is 12.3. The third-order valence-electron chi connectivity index (χ3n) is 2.90. The van der Waals surface area contributed by atoms with Gasteiger partial charge in [0.25, 0.3) is 5.91 Å². The Hall–Kier alpha value is -2.56. The van der Waals surface area contributed by atoms with E-state index in [9.17, 15) is 9.18 Å².